The summed E-state index contributed by atoms with van der Waals surface area (Å²) in [5.41, 5.74) is 2.12. The van der Waals surface area contributed by atoms with Crippen LogP contribution in [0.4, 0.5) is 0 Å². The highest BCUT2D eigenvalue weighted by Gasteiger charge is 1.96. The maximum Gasteiger partial charge on any atom is 0.115 e. The van der Waals surface area contributed by atoms with Gasteiger partial charge in [0.05, 0.1) is 15.0 Å². The molecule has 1 aromatic rings. The summed E-state index contributed by atoms with van der Waals surface area (Å²) in [7, 11) is 0. The van der Waals surface area contributed by atoms with E-state index in [0.717, 1.165) is 15.0 Å². The van der Waals surface area contributed by atoms with Gasteiger partial charge < -0.3 is 0 Å². The van der Waals surface area contributed by atoms with Gasteiger partial charge in [-0.25, -0.2) is 9.97 Å². The van der Waals surface area contributed by atoms with Crippen molar-refractivity contribution in [1.82, 2.24) is 9.97 Å². The van der Waals surface area contributed by atoms with Crippen molar-refractivity contribution in [2.24, 2.45) is 0 Å². The molecule has 2 nitrogen and oxygen atoms in total. The lowest BCUT2D eigenvalue weighted by atomic mass is 10.4. The molecule has 0 spiro atoms. The van der Waals surface area contributed by atoms with E-state index in [0.29, 0.717) is 0 Å². The minimum absolute atomic E-state index is 1.06. The zero-order valence-corrected chi connectivity index (χ0v) is 7.51. The van der Waals surface area contributed by atoms with Gasteiger partial charge in [-0.2, -0.15) is 0 Å². The lowest BCUT2D eigenvalue weighted by molar-refractivity contribution is 1.03. The Hall–Kier alpha value is -0.190. The van der Waals surface area contributed by atoms with Crippen LogP contribution in [0.5, 0.6) is 0 Å². The number of hydrogen-bond donors (Lipinski definition) is 0. The van der Waals surface area contributed by atoms with Crippen LogP contribution in [0.15, 0.2) is 6.33 Å². The van der Waals surface area contributed by atoms with Crippen molar-refractivity contribution >= 4 is 22.6 Å². The highest BCUT2D eigenvalue weighted by Crippen LogP contribution is 2.09. The molecule has 3 heteroatoms. The average Bonchev–Trinajstić information content (AvgIpc) is 1.83. The summed E-state index contributed by atoms with van der Waals surface area (Å²) in [5.74, 6) is 0. The number of aromatic nitrogens is 2. The third-order valence-electron chi connectivity index (χ3n) is 1.14. The maximum atomic E-state index is 4.02. The van der Waals surface area contributed by atoms with Crippen molar-refractivity contribution in [3.8, 4) is 0 Å². The molecule has 0 unspecified atom stereocenters. The van der Waals surface area contributed by atoms with Gasteiger partial charge in [-0.05, 0) is 36.4 Å². The Balaban J connectivity index is 3.25. The van der Waals surface area contributed by atoms with Crippen LogP contribution in [0.25, 0.3) is 0 Å². The molecule has 0 aliphatic carbocycles. The van der Waals surface area contributed by atoms with E-state index in [-0.39, 0.29) is 0 Å². The Kier molecular flexibility index (Phi) is 2.00. The van der Waals surface area contributed by atoms with Crippen LogP contribution in [0.3, 0.4) is 0 Å². The molecule has 0 radical (unpaired) electrons. The number of aryl methyl sites for hydroxylation is 2. The number of rotatable bonds is 0. The highest BCUT2D eigenvalue weighted by molar-refractivity contribution is 14.1. The van der Waals surface area contributed by atoms with Crippen LogP contribution >= 0.6 is 22.6 Å². The minimum atomic E-state index is 1.06. The van der Waals surface area contributed by atoms with Crippen molar-refractivity contribution < 1.29 is 0 Å². The summed E-state index contributed by atoms with van der Waals surface area (Å²) in [6, 6.07) is 0. The lowest BCUT2D eigenvalue weighted by Gasteiger charge is -1.96. The number of hydrogen-bond acceptors (Lipinski definition) is 2. The monoisotopic (exact) mass is 234 g/mol. The van der Waals surface area contributed by atoms with E-state index in [1.54, 1.807) is 6.33 Å². The highest BCUT2D eigenvalue weighted by atomic mass is 127. The van der Waals surface area contributed by atoms with Gasteiger partial charge in [0.15, 0.2) is 0 Å². The summed E-state index contributed by atoms with van der Waals surface area (Å²) in [5, 5.41) is 0. The second kappa shape index (κ2) is 2.60. The van der Waals surface area contributed by atoms with Crippen LogP contribution in [-0.4, -0.2) is 9.97 Å². The van der Waals surface area contributed by atoms with E-state index in [2.05, 4.69) is 32.6 Å². The van der Waals surface area contributed by atoms with E-state index in [1.165, 1.54) is 0 Å². The van der Waals surface area contributed by atoms with Crippen molar-refractivity contribution in [2.45, 2.75) is 13.8 Å². The Labute approximate surface area is 67.9 Å². The SMILES string of the molecule is Cc1ncnc(C)c1I. The molecule has 0 aliphatic heterocycles. The molecule has 0 aliphatic rings. The molecule has 0 N–H and O–H groups in total. The summed E-state index contributed by atoms with van der Waals surface area (Å²) in [6.07, 6.45) is 1.59. The van der Waals surface area contributed by atoms with Gasteiger partial charge in [-0.1, -0.05) is 0 Å². The lowest BCUT2D eigenvalue weighted by Crippen LogP contribution is -1.92. The van der Waals surface area contributed by atoms with E-state index in [4.69, 9.17) is 0 Å². The maximum absolute atomic E-state index is 4.02. The van der Waals surface area contributed by atoms with Crippen LogP contribution in [0.2, 0.25) is 0 Å². The fourth-order valence-corrected chi connectivity index (χ4v) is 0.856. The molecule has 0 fully saturated rings. The summed E-state index contributed by atoms with van der Waals surface area (Å²) in [6.45, 7) is 3.97. The fourth-order valence-electron chi connectivity index (χ4n) is 0.577. The van der Waals surface area contributed by atoms with E-state index in [1.807, 2.05) is 13.8 Å². The van der Waals surface area contributed by atoms with Crippen LogP contribution < -0.4 is 0 Å². The second-order valence-electron chi connectivity index (χ2n) is 1.86. The molecule has 0 saturated carbocycles. The molecule has 1 heterocycles. The number of nitrogens with zero attached hydrogens (tertiary/aromatic N) is 2. The largest absolute Gasteiger partial charge is 0.241 e. The van der Waals surface area contributed by atoms with Crippen LogP contribution in [0, 0.1) is 17.4 Å². The molecule has 0 bridgehead atoms. The summed E-state index contributed by atoms with van der Waals surface area (Å²) < 4.78 is 1.16. The smallest absolute Gasteiger partial charge is 0.115 e. The van der Waals surface area contributed by atoms with Crippen molar-refractivity contribution in [1.29, 1.82) is 0 Å². The normalized spacial score (nSPS) is 9.67. The van der Waals surface area contributed by atoms with Crippen molar-refractivity contribution in [3.63, 3.8) is 0 Å². The quantitative estimate of drug-likeness (QED) is 0.638. The Bertz CT molecular complexity index is 202. The van der Waals surface area contributed by atoms with Crippen molar-refractivity contribution in [3.05, 3.63) is 21.3 Å². The van der Waals surface area contributed by atoms with Crippen molar-refractivity contribution in [2.75, 3.05) is 0 Å². The third-order valence-corrected chi connectivity index (χ3v) is 2.70. The van der Waals surface area contributed by atoms with E-state index < -0.39 is 0 Å². The third kappa shape index (κ3) is 1.38. The average molecular weight is 234 g/mol. The Morgan fingerprint density at radius 3 is 2.00 bits per heavy atom. The van der Waals surface area contributed by atoms with Crippen LogP contribution in [0.1, 0.15) is 11.4 Å². The van der Waals surface area contributed by atoms with E-state index >= 15 is 0 Å². The molecule has 1 aromatic heterocycles. The predicted octanol–water partition coefficient (Wildman–Crippen LogP) is 1.70. The summed E-state index contributed by atoms with van der Waals surface area (Å²) in [4.78, 5) is 8.04. The zero-order valence-electron chi connectivity index (χ0n) is 5.35. The molecule has 0 aromatic carbocycles. The first-order chi connectivity index (χ1) is 4.22. The first-order valence-electron chi connectivity index (χ1n) is 2.65. The number of halogens is 1. The van der Waals surface area contributed by atoms with Gasteiger partial charge in [-0.15, -0.1) is 0 Å². The zero-order chi connectivity index (χ0) is 6.85. The van der Waals surface area contributed by atoms with Gasteiger partial charge in [0.2, 0.25) is 0 Å². The predicted molar refractivity (Wildman–Crippen MR) is 44.2 cm³/mol. The Morgan fingerprint density at radius 2 is 1.67 bits per heavy atom. The van der Waals surface area contributed by atoms with Gasteiger partial charge in [0, 0.05) is 0 Å². The second-order valence-corrected chi connectivity index (χ2v) is 2.94. The first kappa shape index (κ1) is 6.92. The molecule has 0 amide bonds. The van der Waals surface area contributed by atoms with E-state index in [9.17, 15) is 0 Å². The van der Waals surface area contributed by atoms with Crippen LogP contribution in [-0.2, 0) is 0 Å². The fraction of sp³-hybridized carbons (Fsp3) is 0.333. The minimum Gasteiger partial charge on any atom is -0.241 e. The standard InChI is InChI=1S/C6H7IN2/c1-4-6(7)5(2)9-3-8-4/h3H,1-2H3. The molecular weight excluding hydrogens is 227 g/mol. The molecule has 0 atom stereocenters. The molecular formula is C6H7IN2. The Morgan fingerprint density at radius 1 is 1.22 bits per heavy atom. The first-order valence-corrected chi connectivity index (χ1v) is 3.73. The molecule has 48 valence electrons. The molecule has 0 saturated heterocycles. The van der Waals surface area contributed by atoms with Gasteiger partial charge in [0.1, 0.15) is 6.33 Å². The van der Waals surface area contributed by atoms with Gasteiger partial charge in [0.25, 0.3) is 0 Å². The molecule has 1 rings (SSSR count). The van der Waals surface area contributed by atoms with Gasteiger partial charge in [-0.3, -0.25) is 0 Å². The van der Waals surface area contributed by atoms with Gasteiger partial charge >= 0.3 is 0 Å². The summed E-state index contributed by atoms with van der Waals surface area (Å²) >= 11 is 2.24. The molecule has 9 heavy (non-hydrogen) atoms. The topological polar surface area (TPSA) is 25.8 Å².